The van der Waals surface area contributed by atoms with Gasteiger partial charge in [0.2, 0.25) is 0 Å². The highest BCUT2D eigenvalue weighted by atomic mass is 31.3. The number of hydrogen-bond donors (Lipinski definition) is 6. The first-order valence-corrected chi connectivity index (χ1v) is 12.3. The van der Waals surface area contributed by atoms with Crippen LogP contribution in [-0.2, 0) is 31.6 Å². The van der Waals surface area contributed by atoms with Crippen molar-refractivity contribution in [2.75, 3.05) is 18.9 Å². The Hall–Kier alpha value is -1.13. The van der Waals surface area contributed by atoms with Crippen LogP contribution in [0, 0.1) is 0 Å². The second-order valence-corrected chi connectivity index (χ2v) is 10.4. The normalized spacial score (nSPS) is 27.9. The van der Waals surface area contributed by atoms with Gasteiger partial charge < -0.3 is 35.2 Å². The van der Waals surface area contributed by atoms with Crippen molar-refractivity contribution in [3.8, 4) is 0 Å². The number of phosphoric acid groups is 3. The van der Waals surface area contributed by atoms with E-state index < -0.39 is 66.5 Å². The molecule has 2 heterocycles. The van der Waals surface area contributed by atoms with Crippen molar-refractivity contribution in [1.29, 1.82) is 0 Å². The molecular formula is C10H16F2N3O13P3. The molecule has 0 saturated carbocycles. The molecule has 3 unspecified atom stereocenters. The predicted octanol–water partition coefficient (Wildman–Crippen LogP) is -0.895. The van der Waals surface area contributed by atoms with E-state index in [0.717, 1.165) is 12.3 Å². The van der Waals surface area contributed by atoms with Crippen molar-refractivity contribution >= 4 is 29.3 Å². The van der Waals surface area contributed by atoms with E-state index in [2.05, 4.69) is 18.1 Å². The van der Waals surface area contributed by atoms with Crippen molar-refractivity contribution < 1.29 is 65.0 Å². The average molecular weight is 517 g/mol. The van der Waals surface area contributed by atoms with Gasteiger partial charge in [0, 0.05) is 6.20 Å². The molecule has 21 heteroatoms. The fourth-order valence-corrected chi connectivity index (χ4v) is 5.43. The lowest BCUT2D eigenvalue weighted by molar-refractivity contribution is -0.242. The van der Waals surface area contributed by atoms with Crippen molar-refractivity contribution in [3.05, 3.63) is 22.7 Å². The molecule has 0 spiro atoms. The van der Waals surface area contributed by atoms with E-state index in [-0.39, 0.29) is 5.82 Å². The first kappa shape index (κ1) is 26.1. The molecule has 0 radical (unpaired) electrons. The van der Waals surface area contributed by atoms with Gasteiger partial charge in [-0.15, -0.1) is 0 Å². The first-order valence-electron chi connectivity index (χ1n) is 7.74. The third-order valence-electron chi connectivity index (χ3n) is 3.66. The number of halogens is 2. The molecule has 0 amide bonds. The Balaban J connectivity index is 2.08. The zero-order valence-electron chi connectivity index (χ0n) is 14.9. The SMILES string of the molecule is Nc1ccn(C2CO[C@H](COP(=O)(O)OP(=O)(O)OP(=O)(O)O)[C@H](O)C2(F)F)c(=O)n1. The third-order valence-corrected chi connectivity index (χ3v) is 7.47. The van der Waals surface area contributed by atoms with Crippen LogP contribution in [0.25, 0.3) is 0 Å². The van der Waals surface area contributed by atoms with Crippen LogP contribution in [0.3, 0.4) is 0 Å². The van der Waals surface area contributed by atoms with Crippen LogP contribution in [0.5, 0.6) is 0 Å². The van der Waals surface area contributed by atoms with Gasteiger partial charge in [0.15, 0.2) is 0 Å². The number of hydrogen-bond acceptors (Lipinski definition) is 11. The summed E-state index contributed by atoms with van der Waals surface area (Å²) in [6, 6.07) is -0.989. The quantitative estimate of drug-likeness (QED) is 0.229. The summed E-state index contributed by atoms with van der Waals surface area (Å²) in [4.78, 5) is 50.3. The van der Waals surface area contributed by atoms with Gasteiger partial charge >= 0.3 is 29.2 Å². The second kappa shape index (κ2) is 9.02. The van der Waals surface area contributed by atoms with Crippen LogP contribution in [0.2, 0.25) is 0 Å². The number of aromatic nitrogens is 2. The summed E-state index contributed by atoms with van der Waals surface area (Å²) in [5.74, 6) is -4.29. The molecule has 1 saturated heterocycles. The highest BCUT2D eigenvalue weighted by molar-refractivity contribution is 7.66. The van der Waals surface area contributed by atoms with Crippen molar-refractivity contribution in [2.45, 2.75) is 24.2 Å². The molecule has 1 aliphatic heterocycles. The molecule has 1 aliphatic rings. The zero-order valence-corrected chi connectivity index (χ0v) is 17.6. The maximum atomic E-state index is 14.6. The highest BCUT2D eigenvalue weighted by Crippen LogP contribution is 2.66. The van der Waals surface area contributed by atoms with E-state index >= 15 is 0 Å². The van der Waals surface area contributed by atoms with Gasteiger partial charge in [-0.2, -0.15) is 13.6 Å². The number of ether oxygens (including phenoxy) is 1. The lowest BCUT2D eigenvalue weighted by Gasteiger charge is -2.40. The van der Waals surface area contributed by atoms with Gasteiger partial charge in [-0.3, -0.25) is 9.09 Å². The van der Waals surface area contributed by atoms with E-state index in [0.29, 0.717) is 4.57 Å². The number of phosphoric ester groups is 1. The van der Waals surface area contributed by atoms with Crippen LogP contribution < -0.4 is 11.4 Å². The Morgan fingerprint density at radius 3 is 2.39 bits per heavy atom. The zero-order chi connectivity index (χ0) is 23.8. The molecule has 0 aliphatic carbocycles. The van der Waals surface area contributed by atoms with Crippen LogP contribution in [0.4, 0.5) is 14.6 Å². The molecule has 1 aromatic rings. The van der Waals surface area contributed by atoms with Crippen LogP contribution in [-0.4, -0.2) is 65.6 Å². The second-order valence-electron chi connectivity index (χ2n) is 5.94. The highest BCUT2D eigenvalue weighted by Gasteiger charge is 2.56. The molecule has 178 valence electrons. The van der Waals surface area contributed by atoms with E-state index in [1.54, 1.807) is 0 Å². The lowest BCUT2D eigenvalue weighted by Crippen LogP contribution is -2.58. The summed E-state index contributed by atoms with van der Waals surface area (Å²) < 4.78 is 79.1. The van der Waals surface area contributed by atoms with Crippen molar-refractivity contribution in [3.63, 3.8) is 0 Å². The predicted molar refractivity (Wildman–Crippen MR) is 92.5 cm³/mol. The molecule has 16 nitrogen and oxygen atoms in total. The monoisotopic (exact) mass is 517 g/mol. The van der Waals surface area contributed by atoms with Crippen LogP contribution in [0.1, 0.15) is 6.04 Å². The molecular weight excluding hydrogens is 501 g/mol. The minimum Gasteiger partial charge on any atom is -0.384 e. The first-order chi connectivity index (χ1) is 13.9. The molecule has 1 fully saturated rings. The molecule has 1 aromatic heterocycles. The molecule has 5 atom stereocenters. The number of aliphatic hydroxyl groups excluding tert-OH is 1. The number of nitrogen functional groups attached to an aromatic ring is 1. The Labute approximate surface area is 170 Å². The van der Waals surface area contributed by atoms with Crippen molar-refractivity contribution in [1.82, 2.24) is 9.55 Å². The minimum absolute atomic E-state index is 0.240. The maximum absolute atomic E-state index is 14.6. The van der Waals surface area contributed by atoms with E-state index in [4.69, 9.17) is 25.2 Å². The number of nitrogens with two attached hydrogens (primary N) is 1. The van der Waals surface area contributed by atoms with E-state index in [9.17, 15) is 37.3 Å². The number of alkyl halides is 2. The molecule has 0 aromatic carbocycles. The molecule has 0 bridgehead atoms. The van der Waals surface area contributed by atoms with Crippen LogP contribution >= 0.6 is 23.5 Å². The Bertz CT molecular complexity index is 1010. The van der Waals surface area contributed by atoms with Gasteiger partial charge in [-0.1, -0.05) is 0 Å². The summed E-state index contributed by atoms with van der Waals surface area (Å²) in [5, 5.41) is 9.90. The third kappa shape index (κ3) is 6.92. The standard InChI is InChI=1S/C10H16F2N3O13P3/c11-10(12)6(15-2-1-7(13)14-9(15)17)4-25-5(8(10)16)3-26-30(21,22)28-31(23,24)27-29(18,19)20/h1-2,5-6,8,16H,3-4H2,(H,21,22)(H,23,24)(H2,13,14,17)(H2,18,19,20)/t5-,6?,8+/m1/s1. The Kier molecular flexibility index (Phi) is 7.60. The number of rotatable bonds is 8. The largest absolute Gasteiger partial charge is 0.490 e. The maximum Gasteiger partial charge on any atom is 0.490 e. The summed E-state index contributed by atoms with van der Waals surface area (Å²) in [7, 11) is -17.1. The van der Waals surface area contributed by atoms with Gasteiger partial charge in [0.25, 0.3) is 5.92 Å². The smallest absolute Gasteiger partial charge is 0.384 e. The van der Waals surface area contributed by atoms with E-state index in [1.807, 2.05) is 0 Å². The minimum atomic E-state index is -5.81. The number of nitrogens with zero attached hydrogens (tertiary/aromatic N) is 2. The molecule has 7 N–H and O–H groups in total. The average Bonchev–Trinajstić information content (AvgIpc) is 2.54. The summed E-state index contributed by atoms with van der Waals surface area (Å²) >= 11 is 0. The Morgan fingerprint density at radius 1 is 1.23 bits per heavy atom. The number of aliphatic hydroxyl groups is 1. The van der Waals surface area contributed by atoms with Gasteiger partial charge in [0.05, 0.1) is 13.2 Å². The molecule has 2 rings (SSSR count). The number of anilines is 1. The Morgan fingerprint density at radius 2 is 1.84 bits per heavy atom. The lowest BCUT2D eigenvalue weighted by atomic mass is 9.97. The van der Waals surface area contributed by atoms with E-state index in [1.165, 1.54) is 0 Å². The fourth-order valence-electron chi connectivity index (χ4n) is 2.40. The van der Waals surface area contributed by atoms with Gasteiger partial charge in [-0.25, -0.2) is 27.3 Å². The topological polar surface area (TPSA) is 250 Å². The summed E-state index contributed by atoms with van der Waals surface area (Å²) in [5.41, 5.74) is 4.11. The summed E-state index contributed by atoms with van der Waals surface area (Å²) in [6.45, 7) is -2.21. The fraction of sp³-hybridized carbons (Fsp3) is 0.600. The van der Waals surface area contributed by atoms with Gasteiger partial charge in [0.1, 0.15) is 24.1 Å². The summed E-state index contributed by atoms with van der Waals surface area (Å²) in [6.07, 6.45) is -3.80. The van der Waals surface area contributed by atoms with Crippen LogP contribution in [0.15, 0.2) is 17.1 Å². The molecule has 31 heavy (non-hydrogen) atoms. The van der Waals surface area contributed by atoms with Gasteiger partial charge in [-0.05, 0) is 6.07 Å². The van der Waals surface area contributed by atoms with Crippen molar-refractivity contribution in [2.24, 2.45) is 0 Å².